The van der Waals surface area contributed by atoms with E-state index in [4.69, 9.17) is 0 Å². The molecule has 0 bridgehead atoms. The molecular weight excluding hydrogens is 578 g/mol. The number of β-amino-alcohol motifs (C(OH)–C–C–N with tert-alkyl or cyclic N) is 1. The van der Waals surface area contributed by atoms with Crippen molar-refractivity contribution >= 4 is 11.8 Å². The van der Waals surface area contributed by atoms with Crippen LogP contribution in [0.15, 0.2) is 48.8 Å². The normalized spacial score (nSPS) is 15.5. The molecule has 1 aromatic heterocycles. The summed E-state index contributed by atoms with van der Waals surface area (Å²) in [6.45, 7) is 11.1. The minimum atomic E-state index is -1.02. The molecule has 0 saturated carbocycles. The van der Waals surface area contributed by atoms with Crippen molar-refractivity contribution in [1.29, 1.82) is 0 Å². The molecule has 1 aliphatic heterocycles. The zero-order valence-electron chi connectivity index (χ0n) is 26.8. The Morgan fingerprint density at radius 1 is 0.956 bits per heavy atom. The van der Waals surface area contributed by atoms with Gasteiger partial charge in [-0.25, -0.2) is 13.8 Å². The van der Waals surface area contributed by atoms with Crippen LogP contribution >= 0.6 is 0 Å². The van der Waals surface area contributed by atoms with Crippen LogP contribution in [0.1, 0.15) is 64.4 Å². The lowest BCUT2D eigenvalue weighted by molar-refractivity contribution is 0.0471. The van der Waals surface area contributed by atoms with Crippen molar-refractivity contribution in [2.24, 2.45) is 7.05 Å². The van der Waals surface area contributed by atoms with Gasteiger partial charge in [-0.15, -0.1) is 0 Å². The highest BCUT2D eigenvalue weighted by atomic mass is 19.1. The van der Waals surface area contributed by atoms with Crippen molar-refractivity contribution in [1.82, 2.24) is 29.6 Å². The van der Waals surface area contributed by atoms with Gasteiger partial charge in [0.15, 0.2) is 0 Å². The number of piperazine rings is 1. The van der Waals surface area contributed by atoms with Crippen LogP contribution in [0, 0.1) is 18.6 Å². The summed E-state index contributed by atoms with van der Waals surface area (Å²) in [6, 6.07) is 7.43. The Morgan fingerprint density at radius 3 is 2.18 bits per heavy atom. The number of benzene rings is 2. The second kappa shape index (κ2) is 16.1. The van der Waals surface area contributed by atoms with E-state index in [-0.39, 0.29) is 24.4 Å². The quantitative estimate of drug-likeness (QED) is 0.284. The molecule has 2 heterocycles. The van der Waals surface area contributed by atoms with Crippen molar-refractivity contribution in [2.45, 2.75) is 58.7 Å². The molecule has 45 heavy (non-hydrogen) atoms. The zero-order valence-corrected chi connectivity index (χ0v) is 26.8. The second-order valence-electron chi connectivity index (χ2n) is 12.0. The van der Waals surface area contributed by atoms with Crippen LogP contribution in [0.2, 0.25) is 0 Å². The molecule has 2 atom stereocenters. The van der Waals surface area contributed by atoms with Gasteiger partial charge in [-0.2, -0.15) is 0 Å². The number of hydrogen-bond acceptors (Lipinski definition) is 6. The molecule has 0 unspecified atom stereocenters. The van der Waals surface area contributed by atoms with Crippen molar-refractivity contribution in [3.05, 3.63) is 88.5 Å². The van der Waals surface area contributed by atoms with Crippen LogP contribution in [0.3, 0.4) is 0 Å². The number of aliphatic hydroxyl groups excluding tert-OH is 1. The van der Waals surface area contributed by atoms with Crippen LogP contribution in [-0.4, -0.2) is 99.1 Å². The molecule has 11 heteroatoms. The fourth-order valence-corrected chi connectivity index (χ4v) is 5.86. The molecule has 9 nitrogen and oxygen atoms in total. The summed E-state index contributed by atoms with van der Waals surface area (Å²) in [5.41, 5.74) is 1.80. The number of amides is 2. The van der Waals surface area contributed by atoms with Crippen molar-refractivity contribution in [3.63, 3.8) is 0 Å². The first-order valence-electron chi connectivity index (χ1n) is 15.8. The van der Waals surface area contributed by atoms with E-state index in [1.54, 1.807) is 29.3 Å². The van der Waals surface area contributed by atoms with Gasteiger partial charge in [-0.3, -0.25) is 19.4 Å². The molecule has 2 aromatic carbocycles. The number of aromatic nitrogens is 2. The maximum absolute atomic E-state index is 14.1. The summed E-state index contributed by atoms with van der Waals surface area (Å²) in [7, 11) is 1.97. The van der Waals surface area contributed by atoms with Crippen molar-refractivity contribution in [2.75, 3.05) is 45.8 Å². The minimum absolute atomic E-state index is 0.0269. The summed E-state index contributed by atoms with van der Waals surface area (Å²) in [6.07, 6.45) is 4.36. The zero-order chi connectivity index (χ0) is 32.5. The predicted molar refractivity (Wildman–Crippen MR) is 170 cm³/mol. The number of carbonyl (C=O) groups is 2. The number of carbonyl (C=O) groups excluding carboxylic acids is 2. The standard InChI is InChI=1S/C34H46F2N6O3/c1-5-8-42(9-6-2)34(45)27-16-24(3)15-26(20-27)33(44)38-30(19-25-17-28(35)21-29(36)18-25)31(43)22-40-11-13-41(14-12-40)23-32-37-7-10-39(32)4/h7,10,15-18,20-21,30-31,43H,5-6,8-9,11-14,19,22-23H2,1-4H3,(H,38,44)/t30-,31+/m0/s1. The van der Waals surface area contributed by atoms with Crippen molar-refractivity contribution < 1.29 is 23.5 Å². The topological polar surface area (TPSA) is 93.9 Å². The van der Waals surface area contributed by atoms with Gasteiger partial charge in [0.2, 0.25) is 0 Å². The van der Waals surface area contributed by atoms with Gasteiger partial charge in [-0.1, -0.05) is 13.8 Å². The number of nitrogens with one attached hydrogen (secondary N) is 1. The van der Waals surface area contributed by atoms with E-state index in [2.05, 4.69) is 20.1 Å². The molecule has 0 spiro atoms. The molecule has 1 saturated heterocycles. The number of aliphatic hydroxyl groups is 1. The smallest absolute Gasteiger partial charge is 0.253 e. The Hall–Kier alpha value is -3.67. The number of hydrogen-bond donors (Lipinski definition) is 2. The average Bonchev–Trinajstić information content (AvgIpc) is 3.40. The molecule has 1 aliphatic rings. The summed E-state index contributed by atoms with van der Waals surface area (Å²) in [5.74, 6) is -1.06. The maximum Gasteiger partial charge on any atom is 0.253 e. The summed E-state index contributed by atoms with van der Waals surface area (Å²) in [5, 5.41) is 14.3. The fraction of sp³-hybridized carbons (Fsp3) is 0.500. The van der Waals surface area contributed by atoms with E-state index in [9.17, 15) is 23.5 Å². The molecule has 2 N–H and O–H groups in total. The third kappa shape index (κ3) is 9.66. The van der Waals surface area contributed by atoms with Crippen LogP contribution in [0.5, 0.6) is 0 Å². The van der Waals surface area contributed by atoms with Crippen LogP contribution in [0.4, 0.5) is 8.78 Å². The van der Waals surface area contributed by atoms with Gasteiger partial charge in [0.1, 0.15) is 17.5 Å². The van der Waals surface area contributed by atoms with E-state index in [0.29, 0.717) is 37.3 Å². The van der Waals surface area contributed by atoms with Gasteiger partial charge >= 0.3 is 0 Å². The fourth-order valence-electron chi connectivity index (χ4n) is 5.86. The van der Waals surface area contributed by atoms with Gasteiger partial charge in [-0.05, 0) is 67.6 Å². The molecular formula is C34H46F2N6O3. The van der Waals surface area contributed by atoms with E-state index >= 15 is 0 Å². The largest absolute Gasteiger partial charge is 0.390 e. The highest BCUT2D eigenvalue weighted by Gasteiger charge is 2.28. The van der Waals surface area contributed by atoms with Gasteiger partial charge in [0.05, 0.1) is 18.7 Å². The Kier molecular flexibility index (Phi) is 12.2. The predicted octanol–water partition coefficient (Wildman–Crippen LogP) is 3.79. The lowest BCUT2D eigenvalue weighted by Crippen LogP contribution is -2.53. The average molecular weight is 625 g/mol. The number of halogens is 2. The van der Waals surface area contributed by atoms with Crippen LogP contribution in [0.25, 0.3) is 0 Å². The molecule has 4 rings (SSSR count). The Morgan fingerprint density at radius 2 is 1.58 bits per heavy atom. The summed E-state index contributed by atoms with van der Waals surface area (Å²) < 4.78 is 30.1. The molecule has 2 amide bonds. The van der Waals surface area contributed by atoms with Gasteiger partial charge in [0.25, 0.3) is 11.8 Å². The Bertz CT molecular complexity index is 1410. The lowest BCUT2D eigenvalue weighted by atomic mass is 9.99. The lowest BCUT2D eigenvalue weighted by Gasteiger charge is -2.36. The number of aryl methyl sites for hydroxylation is 2. The van der Waals surface area contributed by atoms with Gasteiger partial charge < -0.3 is 19.9 Å². The maximum atomic E-state index is 14.1. The number of rotatable bonds is 14. The number of nitrogens with zero attached hydrogens (tertiary/aromatic N) is 5. The first-order chi connectivity index (χ1) is 21.6. The van der Waals surface area contributed by atoms with Crippen LogP contribution in [-0.2, 0) is 20.0 Å². The molecule has 0 aliphatic carbocycles. The van der Waals surface area contributed by atoms with Crippen molar-refractivity contribution in [3.8, 4) is 0 Å². The van der Waals surface area contributed by atoms with Crippen LogP contribution < -0.4 is 5.32 Å². The van der Waals surface area contributed by atoms with E-state index in [0.717, 1.165) is 49.9 Å². The Balaban J connectivity index is 1.48. The first-order valence-corrected chi connectivity index (χ1v) is 15.8. The number of imidazole rings is 1. The molecule has 1 fully saturated rings. The highest BCUT2D eigenvalue weighted by Crippen LogP contribution is 2.17. The molecule has 244 valence electrons. The second-order valence-corrected chi connectivity index (χ2v) is 12.0. The summed E-state index contributed by atoms with van der Waals surface area (Å²) in [4.78, 5) is 37.6. The monoisotopic (exact) mass is 624 g/mol. The first kappa shape index (κ1) is 34.2. The minimum Gasteiger partial charge on any atom is -0.390 e. The Labute approximate surface area is 264 Å². The van der Waals surface area contributed by atoms with E-state index in [1.165, 1.54) is 12.1 Å². The third-order valence-electron chi connectivity index (χ3n) is 8.22. The summed E-state index contributed by atoms with van der Waals surface area (Å²) >= 11 is 0. The van der Waals surface area contributed by atoms with E-state index in [1.807, 2.05) is 38.6 Å². The SMILES string of the molecule is CCCN(CCC)C(=O)c1cc(C)cc(C(=O)N[C@@H](Cc2cc(F)cc(F)c2)[C@H](O)CN2CCN(Cc3nccn3C)CC2)c1. The molecule has 3 aromatic rings. The molecule has 0 radical (unpaired) electrons. The van der Waals surface area contributed by atoms with E-state index < -0.39 is 29.7 Å². The highest BCUT2D eigenvalue weighted by molar-refractivity contribution is 6.00. The van der Waals surface area contributed by atoms with Gasteiger partial charge in [0, 0.05) is 82.4 Å². The third-order valence-corrected chi connectivity index (χ3v) is 8.22.